The summed E-state index contributed by atoms with van der Waals surface area (Å²) in [5, 5.41) is 9.10. The van der Waals surface area contributed by atoms with E-state index in [0.29, 0.717) is 25.1 Å². The second-order valence-electron chi connectivity index (χ2n) is 6.77. The number of likely N-dealkylation sites (tertiary alicyclic amines) is 1. The van der Waals surface area contributed by atoms with E-state index in [0.717, 1.165) is 19.3 Å². The van der Waals surface area contributed by atoms with E-state index >= 15 is 0 Å². The first-order valence-corrected chi connectivity index (χ1v) is 8.29. The van der Waals surface area contributed by atoms with Crippen molar-refractivity contribution in [3.05, 3.63) is 29.6 Å². The summed E-state index contributed by atoms with van der Waals surface area (Å²) < 4.78 is 19.0. The lowest BCUT2D eigenvalue weighted by molar-refractivity contribution is -0.139. The number of halogens is 1. The number of ether oxygens (including phenoxy) is 1. The van der Waals surface area contributed by atoms with Crippen LogP contribution in [0.15, 0.2) is 18.2 Å². The Bertz CT molecular complexity index is 652. The summed E-state index contributed by atoms with van der Waals surface area (Å²) in [7, 11) is 1.42. The number of carboxylic acids is 1. The number of benzene rings is 1. The van der Waals surface area contributed by atoms with Crippen LogP contribution in [0.25, 0.3) is 0 Å². The molecule has 1 atom stereocenters. The maximum absolute atomic E-state index is 14.1. The van der Waals surface area contributed by atoms with E-state index in [4.69, 9.17) is 9.84 Å². The zero-order valence-electron chi connectivity index (χ0n) is 13.8. The first-order valence-electron chi connectivity index (χ1n) is 8.29. The van der Waals surface area contributed by atoms with Crippen molar-refractivity contribution in [2.75, 3.05) is 20.2 Å². The quantitative estimate of drug-likeness (QED) is 0.898. The number of hydrogen-bond donors (Lipinski definition) is 1. The molecule has 1 amide bonds. The number of carboxylic acid groups (broad SMARTS) is 1. The van der Waals surface area contributed by atoms with Gasteiger partial charge in [0.25, 0.3) is 0 Å². The van der Waals surface area contributed by atoms with Gasteiger partial charge < -0.3 is 14.7 Å². The highest BCUT2D eigenvalue weighted by Gasteiger charge is 2.59. The molecule has 1 saturated carbocycles. The number of methoxy groups -OCH3 is 1. The van der Waals surface area contributed by atoms with Gasteiger partial charge in [-0.05, 0) is 42.7 Å². The largest absolute Gasteiger partial charge is 0.494 e. The molecule has 1 aromatic carbocycles. The van der Waals surface area contributed by atoms with Crippen LogP contribution in [0, 0.1) is 17.2 Å². The Morgan fingerprint density at radius 3 is 2.67 bits per heavy atom. The molecule has 24 heavy (non-hydrogen) atoms. The molecule has 0 radical (unpaired) electrons. The summed E-state index contributed by atoms with van der Waals surface area (Å²) in [5.74, 6) is -1.18. The monoisotopic (exact) mass is 335 g/mol. The Morgan fingerprint density at radius 2 is 2.08 bits per heavy atom. The van der Waals surface area contributed by atoms with Crippen LogP contribution in [0.2, 0.25) is 0 Å². The van der Waals surface area contributed by atoms with Gasteiger partial charge in [-0.1, -0.05) is 12.1 Å². The number of carbonyl (C=O) groups excluding carboxylic acids is 1. The molecule has 0 bridgehead atoms. The molecule has 3 rings (SSSR count). The molecule has 1 aromatic rings. The first-order chi connectivity index (χ1) is 11.5. The van der Waals surface area contributed by atoms with E-state index < -0.39 is 11.8 Å². The van der Waals surface area contributed by atoms with Gasteiger partial charge in [0.05, 0.1) is 13.0 Å². The van der Waals surface area contributed by atoms with Crippen molar-refractivity contribution in [1.82, 2.24) is 4.90 Å². The van der Waals surface area contributed by atoms with Crippen LogP contribution in [-0.2, 0) is 16.0 Å². The fourth-order valence-corrected chi connectivity index (χ4v) is 3.76. The Balaban J connectivity index is 1.51. The lowest BCUT2D eigenvalue weighted by Gasteiger charge is -2.32. The number of nitrogens with zero attached hydrogens (tertiary/aromatic N) is 1. The van der Waals surface area contributed by atoms with Crippen molar-refractivity contribution in [1.29, 1.82) is 0 Å². The van der Waals surface area contributed by atoms with Gasteiger partial charge in [-0.3, -0.25) is 9.59 Å². The zero-order chi connectivity index (χ0) is 17.3. The summed E-state index contributed by atoms with van der Waals surface area (Å²) in [6.45, 7) is 1.20. The van der Waals surface area contributed by atoms with Crippen LogP contribution >= 0.6 is 0 Å². The van der Waals surface area contributed by atoms with Crippen LogP contribution in [-0.4, -0.2) is 42.1 Å². The number of carbonyl (C=O) groups is 2. The fourth-order valence-electron chi connectivity index (χ4n) is 3.76. The number of aliphatic carboxylic acids is 1. The molecule has 2 fully saturated rings. The minimum Gasteiger partial charge on any atom is -0.494 e. The Hall–Kier alpha value is -2.11. The summed E-state index contributed by atoms with van der Waals surface area (Å²) in [4.78, 5) is 25.2. The Morgan fingerprint density at radius 1 is 1.38 bits per heavy atom. The van der Waals surface area contributed by atoms with Crippen LogP contribution in [0.4, 0.5) is 4.39 Å². The molecular weight excluding hydrogens is 313 g/mol. The molecule has 1 heterocycles. The van der Waals surface area contributed by atoms with Crippen LogP contribution in [0.5, 0.6) is 5.75 Å². The lowest BCUT2D eigenvalue weighted by Crippen LogP contribution is -2.40. The highest BCUT2D eigenvalue weighted by atomic mass is 19.1. The van der Waals surface area contributed by atoms with Crippen LogP contribution < -0.4 is 4.74 Å². The molecule has 0 aromatic heterocycles. The molecule has 130 valence electrons. The van der Waals surface area contributed by atoms with Crippen molar-refractivity contribution in [3.8, 4) is 5.75 Å². The van der Waals surface area contributed by atoms with E-state index in [2.05, 4.69) is 0 Å². The second kappa shape index (κ2) is 6.42. The molecule has 1 spiro atoms. The average Bonchev–Trinajstić information content (AvgIpc) is 3.28. The highest BCUT2D eigenvalue weighted by Crippen LogP contribution is 2.59. The SMILES string of the molecule is COc1cccc(CCC(=O)N2CCC3(CC2)CC3C(=O)O)c1F. The first kappa shape index (κ1) is 16.7. The van der Waals surface area contributed by atoms with Gasteiger partial charge in [-0.25, -0.2) is 4.39 Å². The molecule has 1 aliphatic heterocycles. The van der Waals surface area contributed by atoms with E-state index in [9.17, 15) is 14.0 Å². The fraction of sp³-hybridized carbons (Fsp3) is 0.556. The van der Waals surface area contributed by atoms with Gasteiger partial charge in [0.15, 0.2) is 11.6 Å². The van der Waals surface area contributed by atoms with Crippen LogP contribution in [0.3, 0.4) is 0 Å². The van der Waals surface area contributed by atoms with E-state index in [1.807, 2.05) is 0 Å². The van der Waals surface area contributed by atoms with Crippen molar-refractivity contribution in [3.63, 3.8) is 0 Å². The number of piperidine rings is 1. The molecule has 1 unspecified atom stereocenters. The predicted molar refractivity (Wildman–Crippen MR) is 85.3 cm³/mol. The zero-order valence-corrected chi connectivity index (χ0v) is 13.8. The second-order valence-corrected chi connectivity index (χ2v) is 6.77. The van der Waals surface area contributed by atoms with E-state index in [1.54, 1.807) is 23.1 Å². The Labute approximate surface area is 140 Å². The molecule has 6 heteroatoms. The summed E-state index contributed by atoms with van der Waals surface area (Å²) in [5.41, 5.74) is 0.394. The normalized spacial score (nSPS) is 21.6. The molecule has 2 aliphatic rings. The summed E-state index contributed by atoms with van der Waals surface area (Å²) >= 11 is 0. The smallest absolute Gasteiger partial charge is 0.307 e. The maximum Gasteiger partial charge on any atom is 0.307 e. The van der Waals surface area contributed by atoms with E-state index in [1.165, 1.54) is 7.11 Å². The van der Waals surface area contributed by atoms with Gasteiger partial charge in [0, 0.05) is 19.5 Å². The summed E-state index contributed by atoms with van der Waals surface area (Å²) in [6.07, 6.45) is 2.83. The molecule has 1 N–H and O–H groups in total. The third kappa shape index (κ3) is 3.09. The third-order valence-electron chi connectivity index (χ3n) is 5.47. The predicted octanol–water partition coefficient (Wildman–Crippen LogP) is 2.48. The van der Waals surface area contributed by atoms with Crippen molar-refractivity contribution >= 4 is 11.9 Å². The molecule has 1 aliphatic carbocycles. The highest BCUT2D eigenvalue weighted by molar-refractivity contribution is 5.77. The minimum atomic E-state index is -0.719. The number of hydrogen-bond acceptors (Lipinski definition) is 3. The van der Waals surface area contributed by atoms with Gasteiger partial charge in [0.1, 0.15) is 0 Å². The topological polar surface area (TPSA) is 66.8 Å². The standard InChI is InChI=1S/C18H22FNO4/c1-24-14-4-2-3-12(16(14)19)5-6-15(21)20-9-7-18(8-10-20)11-13(18)17(22)23/h2-4,13H,5-11H2,1H3,(H,22,23). The van der Waals surface area contributed by atoms with Gasteiger partial charge in [-0.2, -0.15) is 0 Å². The molecular formula is C18H22FNO4. The number of aryl methyl sites for hydroxylation is 1. The maximum atomic E-state index is 14.1. The summed E-state index contributed by atoms with van der Waals surface area (Å²) in [6, 6.07) is 4.93. The molecule has 5 nitrogen and oxygen atoms in total. The van der Waals surface area contributed by atoms with Crippen molar-refractivity contribution in [2.45, 2.75) is 32.1 Å². The van der Waals surface area contributed by atoms with Gasteiger partial charge >= 0.3 is 5.97 Å². The van der Waals surface area contributed by atoms with Gasteiger partial charge in [-0.15, -0.1) is 0 Å². The van der Waals surface area contributed by atoms with Gasteiger partial charge in [0.2, 0.25) is 5.91 Å². The third-order valence-corrected chi connectivity index (χ3v) is 5.47. The molecule has 1 saturated heterocycles. The van der Waals surface area contributed by atoms with Crippen LogP contribution in [0.1, 0.15) is 31.2 Å². The lowest BCUT2D eigenvalue weighted by atomic mass is 9.90. The van der Waals surface area contributed by atoms with Crippen molar-refractivity contribution in [2.24, 2.45) is 11.3 Å². The number of amides is 1. The Kier molecular flexibility index (Phi) is 4.47. The van der Waals surface area contributed by atoms with Crippen molar-refractivity contribution < 1.29 is 23.8 Å². The average molecular weight is 335 g/mol. The number of rotatable bonds is 5. The van der Waals surface area contributed by atoms with E-state index in [-0.39, 0.29) is 29.4 Å². The minimum absolute atomic E-state index is 0.000375.